The van der Waals surface area contributed by atoms with Crippen LogP contribution in [0.15, 0.2) is 0 Å². The third-order valence-electron chi connectivity index (χ3n) is 4.52. The molecule has 1 saturated heterocycles. The van der Waals surface area contributed by atoms with Gasteiger partial charge < -0.3 is 22.4 Å². The number of ether oxygens (including phenoxy) is 1. The van der Waals surface area contributed by atoms with Crippen molar-refractivity contribution in [3.63, 3.8) is 0 Å². The van der Waals surface area contributed by atoms with Gasteiger partial charge in [-0.25, -0.2) is 0 Å². The summed E-state index contributed by atoms with van der Waals surface area (Å²) in [5.41, 5.74) is 0.275. The molecular weight excluding hydrogens is 382 g/mol. The minimum absolute atomic E-state index is 0.161. The maximum Gasteiger partial charge on any atom is 0.427 e. The molecule has 1 unspecified atom stereocenters. The molecular formula is C18H38NO6Si2. The van der Waals surface area contributed by atoms with Crippen molar-refractivity contribution in [2.24, 2.45) is 0 Å². The molecule has 0 N–H and O–H groups in total. The molecule has 0 aromatic carbocycles. The van der Waals surface area contributed by atoms with Crippen LogP contribution < -0.4 is 0 Å². The summed E-state index contributed by atoms with van der Waals surface area (Å²) in [7, 11) is -3.62. The molecule has 7 nitrogen and oxygen atoms in total. The molecule has 0 amide bonds. The van der Waals surface area contributed by atoms with Gasteiger partial charge in [0.15, 0.2) is 0 Å². The van der Waals surface area contributed by atoms with Crippen molar-refractivity contribution in [2.45, 2.75) is 65.5 Å². The standard InChI is InChI=1S/C18H38NO6Si2/c1-6-22-26(23-7-2)17(5)12-15-21-18(20)11-14-19-13-10-16-27(19,24-8-3)25-9-4/h17H,6-16H2,1-5H3. The zero-order chi connectivity index (χ0) is 20.1. The van der Waals surface area contributed by atoms with E-state index in [1.165, 1.54) is 0 Å². The first-order chi connectivity index (χ1) is 13.0. The number of hydrogen-bond acceptors (Lipinski definition) is 7. The normalized spacial score (nSPS) is 18.1. The second kappa shape index (κ2) is 13.8. The second-order valence-corrected chi connectivity index (χ2v) is 11.9. The van der Waals surface area contributed by atoms with Crippen LogP contribution in [0.25, 0.3) is 0 Å². The van der Waals surface area contributed by atoms with Crippen LogP contribution in [-0.4, -0.2) is 74.7 Å². The van der Waals surface area contributed by atoms with Crippen LogP contribution in [0, 0.1) is 0 Å². The molecule has 1 heterocycles. The lowest BCUT2D eigenvalue weighted by atomic mass is 10.3. The van der Waals surface area contributed by atoms with Gasteiger partial charge in [0.25, 0.3) is 0 Å². The van der Waals surface area contributed by atoms with E-state index in [2.05, 4.69) is 11.5 Å². The van der Waals surface area contributed by atoms with Crippen molar-refractivity contribution < 1.29 is 27.2 Å². The molecule has 0 aromatic rings. The van der Waals surface area contributed by atoms with E-state index in [-0.39, 0.29) is 11.5 Å². The molecule has 1 aliphatic rings. The van der Waals surface area contributed by atoms with Gasteiger partial charge in [-0.05, 0) is 47.1 Å². The maximum absolute atomic E-state index is 12.2. The predicted molar refractivity (Wildman–Crippen MR) is 109 cm³/mol. The monoisotopic (exact) mass is 420 g/mol. The Kier molecular flexibility index (Phi) is 12.7. The topological polar surface area (TPSA) is 66.5 Å². The fourth-order valence-corrected chi connectivity index (χ4v) is 8.39. The van der Waals surface area contributed by atoms with E-state index < -0.39 is 18.0 Å². The molecule has 0 spiro atoms. The third kappa shape index (κ3) is 8.30. The highest BCUT2D eigenvalue weighted by atomic mass is 28.4. The largest absolute Gasteiger partial charge is 0.466 e. The Morgan fingerprint density at radius 3 is 2.26 bits per heavy atom. The minimum atomic E-state index is -2.31. The zero-order valence-corrected chi connectivity index (χ0v) is 19.8. The molecule has 159 valence electrons. The third-order valence-corrected chi connectivity index (χ3v) is 10.6. The quantitative estimate of drug-likeness (QED) is 0.298. The maximum atomic E-state index is 12.2. The van der Waals surface area contributed by atoms with Gasteiger partial charge in [-0.3, -0.25) is 9.36 Å². The zero-order valence-electron chi connectivity index (χ0n) is 17.8. The van der Waals surface area contributed by atoms with Crippen LogP contribution >= 0.6 is 0 Å². The summed E-state index contributed by atoms with van der Waals surface area (Å²) < 4.78 is 31.1. The number of carbonyl (C=O) groups excluding carboxylic acids is 1. The average molecular weight is 421 g/mol. The van der Waals surface area contributed by atoms with Gasteiger partial charge in [0.05, 0.1) is 13.0 Å². The van der Waals surface area contributed by atoms with E-state index in [1.807, 2.05) is 27.7 Å². The van der Waals surface area contributed by atoms with Crippen LogP contribution in [0.3, 0.4) is 0 Å². The van der Waals surface area contributed by atoms with Crippen LogP contribution in [0.2, 0.25) is 11.6 Å². The van der Waals surface area contributed by atoms with E-state index in [9.17, 15) is 4.79 Å². The first-order valence-corrected chi connectivity index (χ1v) is 13.7. The Balaban J connectivity index is 2.35. The van der Waals surface area contributed by atoms with Crippen LogP contribution in [0.4, 0.5) is 0 Å². The summed E-state index contributed by atoms with van der Waals surface area (Å²) >= 11 is 0. The molecule has 1 atom stereocenters. The van der Waals surface area contributed by atoms with Gasteiger partial charge in [-0.15, -0.1) is 0 Å². The second-order valence-electron chi connectivity index (χ2n) is 6.51. The van der Waals surface area contributed by atoms with Crippen LogP contribution in [0.5, 0.6) is 0 Å². The van der Waals surface area contributed by atoms with Crippen LogP contribution in [0.1, 0.15) is 53.9 Å². The van der Waals surface area contributed by atoms with Gasteiger partial charge in [0, 0.05) is 44.6 Å². The summed E-state index contributed by atoms with van der Waals surface area (Å²) in [6.07, 6.45) is 2.21. The van der Waals surface area contributed by atoms with E-state index >= 15 is 0 Å². The molecule has 27 heavy (non-hydrogen) atoms. The van der Waals surface area contributed by atoms with E-state index in [0.29, 0.717) is 46.0 Å². The molecule has 0 aliphatic carbocycles. The van der Waals surface area contributed by atoms with Gasteiger partial charge in [-0.1, -0.05) is 6.92 Å². The van der Waals surface area contributed by atoms with Crippen molar-refractivity contribution >= 4 is 24.0 Å². The fourth-order valence-electron chi connectivity index (χ4n) is 3.30. The van der Waals surface area contributed by atoms with Crippen molar-refractivity contribution in [2.75, 3.05) is 46.1 Å². The lowest BCUT2D eigenvalue weighted by Crippen LogP contribution is -2.55. The number of carbonyl (C=O) groups is 1. The van der Waals surface area contributed by atoms with Gasteiger partial charge in [-0.2, -0.15) is 0 Å². The fraction of sp³-hybridized carbons (Fsp3) is 0.944. The van der Waals surface area contributed by atoms with Crippen molar-refractivity contribution in [1.29, 1.82) is 0 Å². The number of hydrogen-bond donors (Lipinski definition) is 0. The minimum Gasteiger partial charge on any atom is -0.466 e. The molecule has 0 aromatic heterocycles. The Labute approximate surface area is 167 Å². The Morgan fingerprint density at radius 1 is 1.07 bits per heavy atom. The average Bonchev–Trinajstić information content (AvgIpc) is 3.02. The molecule has 1 aliphatic heterocycles. The van der Waals surface area contributed by atoms with Gasteiger partial charge >= 0.3 is 24.0 Å². The highest BCUT2D eigenvalue weighted by Crippen LogP contribution is 2.28. The highest BCUT2D eigenvalue weighted by Gasteiger charge is 2.48. The summed E-state index contributed by atoms with van der Waals surface area (Å²) in [5.74, 6) is -0.161. The SMILES string of the molecule is CCO[Si](OCC)C(C)CCOC(=O)CCN1CCC[Si]1(OCC)OCC. The van der Waals surface area contributed by atoms with Crippen molar-refractivity contribution in [3.05, 3.63) is 0 Å². The van der Waals surface area contributed by atoms with Gasteiger partial charge in [0.2, 0.25) is 0 Å². The first-order valence-electron chi connectivity index (χ1n) is 10.3. The lowest BCUT2D eigenvalue weighted by Gasteiger charge is -2.33. The molecule has 1 radical (unpaired) electrons. The summed E-state index contributed by atoms with van der Waals surface area (Å²) in [5, 5.41) is 0. The number of esters is 1. The summed E-state index contributed by atoms with van der Waals surface area (Å²) in [6, 6.07) is 0.973. The predicted octanol–water partition coefficient (Wildman–Crippen LogP) is 2.98. The van der Waals surface area contributed by atoms with E-state index in [4.69, 9.17) is 22.4 Å². The Hall–Kier alpha value is -0.296. The Morgan fingerprint density at radius 2 is 1.70 bits per heavy atom. The smallest absolute Gasteiger partial charge is 0.427 e. The van der Waals surface area contributed by atoms with E-state index in [1.54, 1.807) is 0 Å². The molecule has 1 rings (SSSR count). The summed E-state index contributed by atoms with van der Waals surface area (Å²) in [4.78, 5) is 12.2. The Bertz CT molecular complexity index is 403. The highest BCUT2D eigenvalue weighted by molar-refractivity contribution is 6.65. The number of nitrogens with zero attached hydrogens (tertiary/aromatic N) is 1. The van der Waals surface area contributed by atoms with Crippen molar-refractivity contribution in [3.8, 4) is 0 Å². The van der Waals surface area contributed by atoms with Crippen molar-refractivity contribution in [1.82, 2.24) is 4.57 Å². The summed E-state index contributed by atoms with van der Waals surface area (Å²) in [6.45, 7) is 14.6. The molecule has 1 fully saturated rings. The lowest BCUT2D eigenvalue weighted by molar-refractivity contribution is -0.144. The molecule has 0 saturated carbocycles. The molecule has 9 heteroatoms. The first kappa shape index (κ1) is 24.7. The van der Waals surface area contributed by atoms with Gasteiger partial charge in [0.1, 0.15) is 0 Å². The molecule has 0 bridgehead atoms. The van der Waals surface area contributed by atoms with E-state index in [0.717, 1.165) is 25.4 Å². The number of rotatable bonds is 15. The van der Waals surface area contributed by atoms with Crippen LogP contribution in [-0.2, 0) is 27.2 Å².